The van der Waals surface area contributed by atoms with Crippen LogP contribution in [0.2, 0.25) is 0 Å². The fraction of sp³-hybridized carbons (Fsp3) is 0.316. The van der Waals surface area contributed by atoms with Crippen LogP contribution in [0.3, 0.4) is 0 Å². The maximum atomic E-state index is 12.5. The predicted molar refractivity (Wildman–Crippen MR) is 95.0 cm³/mol. The average Bonchev–Trinajstić information content (AvgIpc) is 2.96. The molecule has 3 rings (SSSR count). The van der Waals surface area contributed by atoms with E-state index in [0.29, 0.717) is 23.7 Å². The molecule has 3 aromatic rings. The van der Waals surface area contributed by atoms with Crippen LogP contribution in [-0.4, -0.2) is 27.3 Å². The van der Waals surface area contributed by atoms with Gasteiger partial charge in [-0.3, -0.25) is 0 Å². The van der Waals surface area contributed by atoms with Crippen molar-refractivity contribution in [3.8, 4) is 0 Å². The maximum Gasteiger partial charge on any atom is 0.350 e. The highest BCUT2D eigenvalue weighted by atomic mass is 16.5. The molecule has 0 fully saturated rings. The van der Waals surface area contributed by atoms with E-state index in [9.17, 15) is 9.59 Å². The van der Waals surface area contributed by atoms with E-state index in [2.05, 4.69) is 35.8 Å². The smallest absolute Gasteiger partial charge is 0.350 e. The molecular weight excluding hydrogens is 318 g/mol. The Hall–Kier alpha value is -2.89. The van der Waals surface area contributed by atoms with Crippen molar-refractivity contribution < 1.29 is 9.53 Å². The number of methoxy groups -OCH3 is 1. The number of rotatable bonds is 5. The molecule has 6 heteroatoms. The number of carbonyl (C=O) groups is 1. The van der Waals surface area contributed by atoms with Gasteiger partial charge in [0.05, 0.1) is 19.2 Å². The first-order valence-corrected chi connectivity index (χ1v) is 8.30. The molecule has 2 heterocycles. The Labute approximate surface area is 145 Å². The summed E-state index contributed by atoms with van der Waals surface area (Å²) in [6, 6.07) is 11.5. The van der Waals surface area contributed by atoms with Gasteiger partial charge in [0.25, 0.3) is 0 Å². The maximum absolute atomic E-state index is 12.5. The van der Waals surface area contributed by atoms with E-state index in [1.54, 1.807) is 12.1 Å². The minimum absolute atomic E-state index is 0.285. The van der Waals surface area contributed by atoms with Gasteiger partial charge in [0.2, 0.25) is 0 Å². The molecule has 0 aliphatic rings. The van der Waals surface area contributed by atoms with E-state index < -0.39 is 5.97 Å². The third-order valence-corrected chi connectivity index (χ3v) is 4.49. The molecule has 0 aliphatic heterocycles. The van der Waals surface area contributed by atoms with Crippen LogP contribution in [-0.2, 0) is 11.3 Å². The molecule has 1 unspecified atom stereocenters. The van der Waals surface area contributed by atoms with E-state index in [0.717, 1.165) is 12.0 Å². The number of hydrogen-bond acceptors (Lipinski definition) is 4. The number of hydrogen-bond donors (Lipinski definition) is 0. The van der Waals surface area contributed by atoms with Gasteiger partial charge in [0.1, 0.15) is 0 Å². The minimum Gasteiger partial charge on any atom is -0.465 e. The lowest BCUT2D eigenvalue weighted by Gasteiger charge is -2.09. The van der Waals surface area contributed by atoms with Gasteiger partial charge < -0.3 is 4.74 Å². The second kappa shape index (κ2) is 6.93. The first-order chi connectivity index (χ1) is 12.0. The van der Waals surface area contributed by atoms with Crippen LogP contribution in [0, 0.1) is 0 Å². The van der Waals surface area contributed by atoms with E-state index in [1.807, 2.05) is 12.1 Å². The SMILES string of the molecule is CCC(C)c1ccc(Cn2nc3ccc(C(=O)OC)cn3c2=O)cc1. The largest absolute Gasteiger partial charge is 0.465 e. The summed E-state index contributed by atoms with van der Waals surface area (Å²) in [5, 5.41) is 4.32. The van der Waals surface area contributed by atoms with Crippen LogP contribution < -0.4 is 5.69 Å². The number of benzene rings is 1. The van der Waals surface area contributed by atoms with Gasteiger partial charge in [-0.15, -0.1) is 5.10 Å². The van der Waals surface area contributed by atoms with Crippen molar-refractivity contribution in [3.05, 3.63) is 69.8 Å². The van der Waals surface area contributed by atoms with Gasteiger partial charge in [0.15, 0.2) is 5.65 Å². The lowest BCUT2D eigenvalue weighted by atomic mass is 9.98. The molecule has 1 atom stereocenters. The van der Waals surface area contributed by atoms with Crippen LogP contribution in [0.1, 0.15) is 47.7 Å². The van der Waals surface area contributed by atoms with Crippen molar-refractivity contribution in [1.29, 1.82) is 0 Å². The molecule has 2 aromatic heterocycles. The molecule has 0 radical (unpaired) electrons. The van der Waals surface area contributed by atoms with Gasteiger partial charge in [-0.2, -0.15) is 0 Å². The number of carbonyl (C=O) groups excluding carboxylic acids is 1. The standard InChI is InChI=1S/C19H21N3O3/c1-4-13(2)15-7-5-14(6-8-15)11-22-19(24)21-12-16(18(23)25-3)9-10-17(21)20-22/h5-10,12-13H,4,11H2,1-3H3. The monoisotopic (exact) mass is 339 g/mol. The molecule has 0 bridgehead atoms. The number of ether oxygens (including phenoxy) is 1. The zero-order valence-electron chi connectivity index (χ0n) is 14.6. The molecule has 0 amide bonds. The van der Waals surface area contributed by atoms with Crippen LogP contribution >= 0.6 is 0 Å². The summed E-state index contributed by atoms with van der Waals surface area (Å²) in [6.07, 6.45) is 2.55. The van der Waals surface area contributed by atoms with Crippen molar-refractivity contribution in [2.45, 2.75) is 32.7 Å². The molecule has 0 saturated heterocycles. The Morgan fingerprint density at radius 1 is 1.20 bits per heavy atom. The molecule has 6 nitrogen and oxygen atoms in total. The fourth-order valence-corrected chi connectivity index (χ4v) is 2.72. The van der Waals surface area contributed by atoms with Gasteiger partial charge in [-0.1, -0.05) is 38.1 Å². The van der Waals surface area contributed by atoms with Gasteiger partial charge in [-0.25, -0.2) is 18.7 Å². The second-order valence-electron chi connectivity index (χ2n) is 6.13. The second-order valence-corrected chi connectivity index (χ2v) is 6.13. The number of fused-ring (bicyclic) bond motifs is 1. The summed E-state index contributed by atoms with van der Waals surface area (Å²) < 4.78 is 7.44. The molecule has 0 N–H and O–H groups in total. The summed E-state index contributed by atoms with van der Waals surface area (Å²) in [6.45, 7) is 4.74. The Morgan fingerprint density at radius 3 is 2.56 bits per heavy atom. The van der Waals surface area contributed by atoms with Crippen LogP contribution in [0.15, 0.2) is 47.4 Å². The highest BCUT2D eigenvalue weighted by Crippen LogP contribution is 2.19. The van der Waals surface area contributed by atoms with E-state index in [-0.39, 0.29) is 5.69 Å². The molecule has 1 aromatic carbocycles. The lowest BCUT2D eigenvalue weighted by Crippen LogP contribution is -2.22. The van der Waals surface area contributed by atoms with Crippen molar-refractivity contribution in [1.82, 2.24) is 14.2 Å². The zero-order valence-corrected chi connectivity index (χ0v) is 14.6. The van der Waals surface area contributed by atoms with Gasteiger partial charge in [-0.05, 0) is 35.6 Å². The highest BCUT2D eigenvalue weighted by molar-refractivity contribution is 5.89. The summed E-state index contributed by atoms with van der Waals surface area (Å²) in [5.74, 6) is 0.0332. The van der Waals surface area contributed by atoms with Crippen molar-refractivity contribution in [2.75, 3.05) is 7.11 Å². The average molecular weight is 339 g/mol. The summed E-state index contributed by atoms with van der Waals surface area (Å²) in [7, 11) is 1.31. The summed E-state index contributed by atoms with van der Waals surface area (Å²) in [5.41, 5.74) is 2.82. The van der Waals surface area contributed by atoms with Crippen LogP contribution in [0.25, 0.3) is 5.65 Å². The van der Waals surface area contributed by atoms with Crippen molar-refractivity contribution in [3.63, 3.8) is 0 Å². The Balaban J connectivity index is 1.90. The number of esters is 1. The van der Waals surface area contributed by atoms with Crippen molar-refractivity contribution in [2.24, 2.45) is 0 Å². The first-order valence-electron chi connectivity index (χ1n) is 8.30. The zero-order chi connectivity index (χ0) is 18.0. The Morgan fingerprint density at radius 2 is 1.92 bits per heavy atom. The number of nitrogens with zero attached hydrogens (tertiary/aromatic N) is 3. The van der Waals surface area contributed by atoms with Crippen LogP contribution in [0.5, 0.6) is 0 Å². The summed E-state index contributed by atoms with van der Waals surface area (Å²) >= 11 is 0. The normalized spacial score (nSPS) is 12.3. The molecule has 0 saturated carbocycles. The number of pyridine rings is 1. The molecular formula is C19H21N3O3. The fourth-order valence-electron chi connectivity index (χ4n) is 2.72. The van der Waals surface area contributed by atoms with E-state index in [1.165, 1.54) is 28.0 Å². The quantitative estimate of drug-likeness (QED) is 0.671. The van der Waals surface area contributed by atoms with E-state index >= 15 is 0 Å². The van der Waals surface area contributed by atoms with Crippen molar-refractivity contribution >= 4 is 11.6 Å². The molecule has 0 spiro atoms. The van der Waals surface area contributed by atoms with Crippen LogP contribution in [0.4, 0.5) is 0 Å². The van der Waals surface area contributed by atoms with Gasteiger partial charge in [0, 0.05) is 6.20 Å². The third kappa shape index (κ3) is 3.33. The topological polar surface area (TPSA) is 65.6 Å². The lowest BCUT2D eigenvalue weighted by molar-refractivity contribution is 0.0600. The van der Waals surface area contributed by atoms with Gasteiger partial charge >= 0.3 is 11.7 Å². The molecule has 25 heavy (non-hydrogen) atoms. The minimum atomic E-state index is -0.484. The first kappa shape index (κ1) is 17.0. The highest BCUT2D eigenvalue weighted by Gasteiger charge is 2.12. The molecule has 130 valence electrons. The number of aromatic nitrogens is 3. The Kier molecular flexibility index (Phi) is 4.70. The predicted octanol–water partition coefficient (Wildman–Crippen LogP) is 2.84. The Bertz CT molecular complexity index is 954. The third-order valence-electron chi connectivity index (χ3n) is 4.49. The molecule has 0 aliphatic carbocycles. The summed E-state index contributed by atoms with van der Waals surface area (Å²) in [4.78, 5) is 24.1. The van der Waals surface area contributed by atoms with E-state index in [4.69, 9.17) is 0 Å².